The summed E-state index contributed by atoms with van der Waals surface area (Å²) in [5.74, 6) is 2.52. The van der Waals surface area contributed by atoms with E-state index in [1.165, 1.54) is 10.5 Å². The summed E-state index contributed by atoms with van der Waals surface area (Å²) in [4.78, 5) is 15.6. The molecule has 5 heteroatoms. The van der Waals surface area contributed by atoms with Crippen molar-refractivity contribution in [2.75, 3.05) is 18.9 Å². The van der Waals surface area contributed by atoms with Crippen molar-refractivity contribution in [3.05, 3.63) is 17.7 Å². The summed E-state index contributed by atoms with van der Waals surface area (Å²) >= 11 is 1.82. The van der Waals surface area contributed by atoms with Gasteiger partial charge in [-0.15, -0.1) is 11.8 Å². The zero-order valence-corrected chi connectivity index (χ0v) is 13.2. The van der Waals surface area contributed by atoms with Crippen LogP contribution in [0.4, 0.5) is 5.69 Å². The van der Waals surface area contributed by atoms with E-state index < -0.39 is 0 Å². The van der Waals surface area contributed by atoms with Crippen LogP contribution in [0.2, 0.25) is 0 Å². The molecular weight excluding hydrogens is 284 g/mol. The Balaban J connectivity index is 1.84. The number of rotatable bonds is 9. The van der Waals surface area contributed by atoms with Gasteiger partial charge in [0.1, 0.15) is 5.75 Å². The summed E-state index contributed by atoms with van der Waals surface area (Å²) in [5, 5.41) is 2.73. The number of thioether (sulfide) groups is 1. The maximum atomic E-state index is 10.2. The number of hydrogen-bond acceptors (Lipinski definition) is 4. The molecule has 0 saturated carbocycles. The first-order valence-corrected chi connectivity index (χ1v) is 8.30. The standard InChI is InChI=1S/C16H22N2O2S/c1-12(10-18-11-19)4-3-9-21-15-6-5-14-13(7-8-20-14)16(15)17-2/h5-6,11-12H,2-4,7-10H2,1H3,(H,18,19). The molecule has 0 aliphatic carbocycles. The van der Waals surface area contributed by atoms with Gasteiger partial charge in [0.05, 0.1) is 12.3 Å². The number of ether oxygens (including phenoxy) is 1. The second-order valence-corrected chi connectivity index (χ2v) is 6.40. The van der Waals surface area contributed by atoms with Gasteiger partial charge >= 0.3 is 0 Å². The fourth-order valence-electron chi connectivity index (χ4n) is 2.49. The normalized spacial score (nSPS) is 14.1. The lowest BCUT2D eigenvalue weighted by atomic mass is 10.1. The van der Waals surface area contributed by atoms with Crippen molar-refractivity contribution in [1.29, 1.82) is 0 Å². The van der Waals surface area contributed by atoms with Crippen molar-refractivity contribution in [2.24, 2.45) is 10.9 Å². The first kappa shape index (κ1) is 15.9. The van der Waals surface area contributed by atoms with Gasteiger partial charge in [0, 0.05) is 23.4 Å². The van der Waals surface area contributed by atoms with Crippen LogP contribution in [0.3, 0.4) is 0 Å². The van der Waals surface area contributed by atoms with Crippen LogP contribution in [0.15, 0.2) is 22.0 Å². The van der Waals surface area contributed by atoms with Crippen molar-refractivity contribution in [2.45, 2.75) is 31.1 Å². The van der Waals surface area contributed by atoms with Gasteiger partial charge in [0.25, 0.3) is 0 Å². The summed E-state index contributed by atoms with van der Waals surface area (Å²) in [6.07, 6.45) is 3.92. The first-order valence-electron chi connectivity index (χ1n) is 7.31. The van der Waals surface area contributed by atoms with Crippen molar-refractivity contribution < 1.29 is 9.53 Å². The van der Waals surface area contributed by atoms with Gasteiger partial charge in [-0.1, -0.05) is 6.92 Å². The molecule has 1 amide bonds. The predicted octanol–water partition coefficient (Wildman–Crippen LogP) is 3.21. The number of hydrogen-bond donors (Lipinski definition) is 1. The Labute approximate surface area is 130 Å². The molecule has 0 radical (unpaired) electrons. The van der Waals surface area contributed by atoms with E-state index in [0.29, 0.717) is 5.92 Å². The molecule has 1 N–H and O–H groups in total. The second-order valence-electron chi connectivity index (χ2n) is 5.27. The minimum absolute atomic E-state index is 0.515. The van der Waals surface area contributed by atoms with E-state index >= 15 is 0 Å². The Bertz CT molecular complexity index is 505. The summed E-state index contributed by atoms with van der Waals surface area (Å²) < 4.78 is 5.56. The number of carbonyl (C=O) groups is 1. The van der Waals surface area contributed by atoms with E-state index in [1.807, 2.05) is 17.8 Å². The zero-order valence-electron chi connectivity index (χ0n) is 12.4. The van der Waals surface area contributed by atoms with Gasteiger partial charge in [-0.3, -0.25) is 9.79 Å². The van der Waals surface area contributed by atoms with Gasteiger partial charge in [-0.2, -0.15) is 0 Å². The summed E-state index contributed by atoms with van der Waals surface area (Å²) in [6, 6.07) is 4.12. The molecule has 4 nitrogen and oxygen atoms in total. The summed E-state index contributed by atoms with van der Waals surface area (Å²) in [5.41, 5.74) is 2.18. The second kappa shape index (κ2) is 8.08. The molecule has 1 heterocycles. The van der Waals surface area contributed by atoms with Crippen LogP contribution >= 0.6 is 11.8 Å². The highest BCUT2D eigenvalue weighted by atomic mass is 32.2. The molecule has 1 atom stereocenters. The van der Waals surface area contributed by atoms with Crippen molar-refractivity contribution in [1.82, 2.24) is 5.32 Å². The Hall–Kier alpha value is -1.49. The molecule has 1 aliphatic rings. The lowest BCUT2D eigenvalue weighted by molar-refractivity contribution is -0.109. The average Bonchev–Trinajstić information content (AvgIpc) is 2.97. The molecule has 0 bridgehead atoms. The SMILES string of the molecule is C=Nc1c(SCCCC(C)CNC=O)ccc2c1CCO2. The van der Waals surface area contributed by atoms with Crippen LogP contribution < -0.4 is 10.1 Å². The number of carbonyl (C=O) groups excluding carboxylic acids is 1. The Morgan fingerprint density at radius 1 is 1.57 bits per heavy atom. The topological polar surface area (TPSA) is 50.7 Å². The summed E-state index contributed by atoms with van der Waals surface area (Å²) in [6.45, 7) is 7.35. The monoisotopic (exact) mass is 306 g/mol. The lowest BCUT2D eigenvalue weighted by Gasteiger charge is -2.11. The van der Waals surface area contributed by atoms with Crippen LogP contribution in [-0.2, 0) is 11.2 Å². The third-order valence-corrected chi connectivity index (χ3v) is 4.75. The number of nitrogens with zero attached hydrogens (tertiary/aromatic N) is 1. The van der Waals surface area contributed by atoms with E-state index in [-0.39, 0.29) is 0 Å². The molecule has 0 fully saturated rings. The smallest absolute Gasteiger partial charge is 0.207 e. The van der Waals surface area contributed by atoms with Gasteiger partial charge in [-0.25, -0.2) is 0 Å². The van der Waals surface area contributed by atoms with E-state index in [9.17, 15) is 4.79 Å². The fraction of sp³-hybridized carbons (Fsp3) is 0.500. The maximum absolute atomic E-state index is 10.2. The highest BCUT2D eigenvalue weighted by molar-refractivity contribution is 7.99. The minimum atomic E-state index is 0.515. The molecule has 1 aromatic rings. The fourth-order valence-corrected chi connectivity index (χ4v) is 3.51. The van der Waals surface area contributed by atoms with Gasteiger partial charge in [0.2, 0.25) is 6.41 Å². The molecule has 1 unspecified atom stereocenters. The first-order chi connectivity index (χ1) is 10.3. The van der Waals surface area contributed by atoms with E-state index in [2.05, 4.69) is 30.0 Å². The molecule has 2 rings (SSSR count). The number of fused-ring (bicyclic) bond motifs is 1. The molecular formula is C16H22N2O2S. The molecule has 0 aromatic heterocycles. The highest BCUT2D eigenvalue weighted by Crippen LogP contribution is 2.40. The molecule has 1 aliphatic heterocycles. The average molecular weight is 306 g/mol. The van der Waals surface area contributed by atoms with E-state index in [0.717, 1.165) is 56.0 Å². The third-order valence-electron chi connectivity index (χ3n) is 3.62. The van der Waals surface area contributed by atoms with Crippen molar-refractivity contribution in [3.8, 4) is 5.75 Å². The molecule has 114 valence electrons. The highest BCUT2D eigenvalue weighted by Gasteiger charge is 2.18. The maximum Gasteiger partial charge on any atom is 0.207 e. The number of benzene rings is 1. The quantitative estimate of drug-likeness (QED) is 0.330. The number of nitrogens with one attached hydrogen (secondary N) is 1. The molecule has 1 aromatic carbocycles. The molecule has 21 heavy (non-hydrogen) atoms. The van der Waals surface area contributed by atoms with Crippen LogP contribution in [0.25, 0.3) is 0 Å². The number of amides is 1. The largest absolute Gasteiger partial charge is 0.493 e. The Kier molecular flexibility index (Phi) is 6.11. The van der Waals surface area contributed by atoms with Crippen molar-refractivity contribution >= 4 is 30.6 Å². The van der Waals surface area contributed by atoms with Gasteiger partial charge in [-0.05, 0) is 43.4 Å². The van der Waals surface area contributed by atoms with Crippen LogP contribution in [0, 0.1) is 5.92 Å². The van der Waals surface area contributed by atoms with Gasteiger partial charge < -0.3 is 10.1 Å². The predicted molar refractivity (Wildman–Crippen MR) is 88.0 cm³/mol. The minimum Gasteiger partial charge on any atom is -0.493 e. The van der Waals surface area contributed by atoms with Crippen LogP contribution in [-0.4, -0.2) is 32.0 Å². The molecule has 0 saturated heterocycles. The van der Waals surface area contributed by atoms with Crippen molar-refractivity contribution in [3.63, 3.8) is 0 Å². The van der Waals surface area contributed by atoms with Gasteiger partial charge in [0.15, 0.2) is 0 Å². The van der Waals surface area contributed by atoms with Crippen LogP contribution in [0.5, 0.6) is 5.75 Å². The van der Waals surface area contributed by atoms with Crippen LogP contribution in [0.1, 0.15) is 25.3 Å². The third kappa shape index (κ3) is 4.24. The number of aliphatic imine (C=N–C) groups is 1. The molecule has 0 spiro atoms. The Morgan fingerprint density at radius 2 is 2.43 bits per heavy atom. The van der Waals surface area contributed by atoms with E-state index in [4.69, 9.17) is 4.74 Å². The summed E-state index contributed by atoms with van der Waals surface area (Å²) in [7, 11) is 0. The Morgan fingerprint density at radius 3 is 3.19 bits per heavy atom. The zero-order chi connectivity index (χ0) is 15.1. The lowest BCUT2D eigenvalue weighted by Crippen LogP contribution is -2.19. The van der Waals surface area contributed by atoms with E-state index in [1.54, 1.807) is 0 Å².